The van der Waals surface area contributed by atoms with E-state index in [0.29, 0.717) is 19.5 Å². The van der Waals surface area contributed by atoms with Crippen molar-refractivity contribution in [3.8, 4) is 0 Å². The Morgan fingerprint density at radius 3 is 2.68 bits per heavy atom. The van der Waals surface area contributed by atoms with Crippen LogP contribution in [0.1, 0.15) is 25.7 Å². The van der Waals surface area contributed by atoms with Crippen LogP contribution in [0.5, 0.6) is 0 Å². The first-order valence-electron chi connectivity index (χ1n) is 6.85. The summed E-state index contributed by atoms with van der Waals surface area (Å²) in [5.41, 5.74) is 0. The number of amides is 1. The SMILES string of the molecule is CNC(=O)C[C@@H]1C[C@@H]2CN(S(=O)(=O)C3CC3)C[C@@H]2O1. The van der Waals surface area contributed by atoms with E-state index in [9.17, 15) is 13.2 Å². The Bertz CT molecular complexity index is 460. The lowest BCUT2D eigenvalue weighted by molar-refractivity contribution is -0.123. The summed E-state index contributed by atoms with van der Waals surface area (Å²) in [5.74, 6) is 0.232. The third kappa shape index (κ3) is 2.51. The molecular formula is C12H20N2O4S. The van der Waals surface area contributed by atoms with Gasteiger partial charge < -0.3 is 10.1 Å². The van der Waals surface area contributed by atoms with Crippen molar-refractivity contribution >= 4 is 15.9 Å². The van der Waals surface area contributed by atoms with E-state index in [1.807, 2.05) is 0 Å². The van der Waals surface area contributed by atoms with Crippen LogP contribution in [-0.2, 0) is 19.6 Å². The van der Waals surface area contributed by atoms with Gasteiger partial charge in [0.1, 0.15) is 0 Å². The van der Waals surface area contributed by atoms with Crippen LogP contribution in [0, 0.1) is 5.92 Å². The van der Waals surface area contributed by atoms with Gasteiger partial charge in [0.05, 0.1) is 23.9 Å². The zero-order valence-corrected chi connectivity index (χ0v) is 11.9. The Morgan fingerprint density at radius 1 is 1.37 bits per heavy atom. The minimum absolute atomic E-state index is 0.0209. The third-order valence-electron chi connectivity index (χ3n) is 4.28. The highest BCUT2D eigenvalue weighted by molar-refractivity contribution is 7.90. The summed E-state index contributed by atoms with van der Waals surface area (Å²) in [4.78, 5) is 11.3. The van der Waals surface area contributed by atoms with Crippen molar-refractivity contribution in [1.29, 1.82) is 0 Å². The van der Waals surface area contributed by atoms with E-state index in [1.165, 1.54) is 0 Å². The summed E-state index contributed by atoms with van der Waals surface area (Å²) < 4.78 is 31.7. The van der Waals surface area contributed by atoms with E-state index in [2.05, 4.69) is 5.32 Å². The van der Waals surface area contributed by atoms with Crippen LogP contribution in [0.2, 0.25) is 0 Å². The maximum atomic E-state index is 12.1. The lowest BCUT2D eigenvalue weighted by Gasteiger charge is -2.18. The molecule has 2 heterocycles. The molecule has 3 aliphatic rings. The monoisotopic (exact) mass is 288 g/mol. The van der Waals surface area contributed by atoms with Gasteiger partial charge in [-0.3, -0.25) is 4.79 Å². The van der Waals surface area contributed by atoms with Crippen molar-refractivity contribution in [2.75, 3.05) is 20.1 Å². The molecule has 0 unspecified atom stereocenters. The molecule has 7 heteroatoms. The summed E-state index contributed by atoms with van der Waals surface area (Å²) in [5, 5.41) is 2.44. The number of sulfonamides is 1. The van der Waals surface area contributed by atoms with E-state index in [0.717, 1.165) is 19.3 Å². The highest BCUT2D eigenvalue weighted by Gasteiger charge is 2.49. The number of carbonyl (C=O) groups excluding carboxylic acids is 1. The van der Waals surface area contributed by atoms with Crippen molar-refractivity contribution < 1.29 is 17.9 Å². The first-order chi connectivity index (χ1) is 9.00. The van der Waals surface area contributed by atoms with Crippen LogP contribution in [0.3, 0.4) is 0 Å². The Morgan fingerprint density at radius 2 is 2.11 bits per heavy atom. The first-order valence-corrected chi connectivity index (χ1v) is 8.36. The largest absolute Gasteiger partial charge is 0.373 e. The predicted octanol–water partition coefficient (Wildman–Crippen LogP) is -0.296. The summed E-state index contributed by atoms with van der Waals surface area (Å²) >= 11 is 0. The maximum Gasteiger partial charge on any atom is 0.222 e. The summed E-state index contributed by atoms with van der Waals surface area (Å²) in [6, 6.07) is 0. The zero-order valence-electron chi connectivity index (χ0n) is 11.0. The first kappa shape index (κ1) is 13.3. The molecule has 6 nitrogen and oxygen atoms in total. The lowest BCUT2D eigenvalue weighted by Crippen LogP contribution is -2.34. The molecular weight excluding hydrogens is 268 g/mol. The summed E-state index contributed by atoms with van der Waals surface area (Å²) in [6.07, 6.45) is 2.68. The van der Waals surface area contributed by atoms with Crippen LogP contribution in [-0.4, -0.2) is 56.2 Å². The van der Waals surface area contributed by atoms with Crippen molar-refractivity contribution in [2.24, 2.45) is 5.92 Å². The Kier molecular flexibility index (Phi) is 3.31. The molecule has 0 aromatic rings. The van der Waals surface area contributed by atoms with Crippen LogP contribution in [0.25, 0.3) is 0 Å². The lowest BCUT2D eigenvalue weighted by atomic mass is 10.0. The van der Waals surface area contributed by atoms with Gasteiger partial charge in [-0.1, -0.05) is 0 Å². The number of nitrogens with one attached hydrogen (secondary N) is 1. The fraction of sp³-hybridized carbons (Fsp3) is 0.917. The molecule has 0 aromatic heterocycles. The van der Waals surface area contributed by atoms with Crippen LogP contribution < -0.4 is 5.32 Å². The molecule has 1 saturated carbocycles. The van der Waals surface area contributed by atoms with Gasteiger partial charge in [-0.25, -0.2) is 8.42 Å². The molecule has 3 rings (SSSR count). The van der Waals surface area contributed by atoms with Crippen molar-refractivity contribution in [3.63, 3.8) is 0 Å². The highest BCUT2D eigenvalue weighted by atomic mass is 32.2. The molecule has 2 aliphatic heterocycles. The van der Waals surface area contributed by atoms with Crippen LogP contribution >= 0.6 is 0 Å². The fourth-order valence-corrected chi connectivity index (χ4v) is 4.96. The molecule has 3 fully saturated rings. The van der Waals surface area contributed by atoms with Crippen molar-refractivity contribution in [2.45, 2.75) is 43.1 Å². The quantitative estimate of drug-likeness (QED) is 0.771. The number of hydrogen-bond acceptors (Lipinski definition) is 4. The van der Waals surface area contributed by atoms with E-state index < -0.39 is 10.0 Å². The second kappa shape index (κ2) is 4.71. The van der Waals surface area contributed by atoms with Gasteiger partial charge in [-0.05, 0) is 19.3 Å². The number of nitrogens with zero attached hydrogens (tertiary/aromatic N) is 1. The van der Waals surface area contributed by atoms with E-state index in [1.54, 1.807) is 11.4 Å². The van der Waals surface area contributed by atoms with Crippen LogP contribution in [0.4, 0.5) is 0 Å². The maximum absolute atomic E-state index is 12.1. The van der Waals surface area contributed by atoms with Gasteiger partial charge in [0.2, 0.25) is 15.9 Å². The molecule has 108 valence electrons. The standard InChI is InChI=1S/C12H20N2O4S/c1-13-12(15)5-9-4-8-6-14(7-11(8)18-9)19(16,17)10-2-3-10/h8-11H,2-7H2,1H3,(H,13,15)/t8-,9+,11+/m1/s1. The van der Waals surface area contributed by atoms with E-state index in [-0.39, 0.29) is 29.3 Å². The zero-order chi connectivity index (χ0) is 13.6. The number of fused-ring (bicyclic) bond motifs is 1. The Hall–Kier alpha value is -0.660. The topological polar surface area (TPSA) is 75.7 Å². The number of hydrogen-bond donors (Lipinski definition) is 1. The molecule has 3 atom stereocenters. The molecule has 19 heavy (non-hydrogen) atoms. The minimum Gasteiger partial charge on any atom is -0.373 e. The minimum atomic E-state index is -3.08. The average Bonchev–Trinajstić information content (AvgIpc) is 3.04. The number of rotatable bonds is 4. The smallest absolute Gasteiger partial charge is 0.222 e. The normalized spacial score (nSPS) is 35.3. The molecule has 0 bridgehead atoms. The molecule has 1 N–H and O–H groups in total. The highest BCUT2D eigenvalue weighted by Crippen LogP contribution is 2.39. The van der Waals surface area contributed by atoms with Gasteiger partial charge in [0.25, 0.3) is 0 Å². The average molecular weight is 288 g/mol. The second-order valence-corrected chi connectivity index (χ2v) is 7.94. The molecule has 0 radical (unpaired) electrons. The molecule has 0 aromatic carbocycles. The van der Waals surface area contributed by atoms with Gasteiger partial charge in [0, 0.05) is 26.1 Å². The van der Waals surface area contributed by atoms with E-state index in [4.69, 9.17) is 4.74 Å². The summed E-state index contributed by atoms with van der Waals surface area (Å²) in [6.45, 7) is 1.03. The molecule has 1 aliphatic carbocycles. The van der Waals surface area contributed by atoms with E-state index >= 15 is 0 Å². The fourth-order valence-electron chi connectivity index (χ4n) is 3.05. The molecule has 0 spiro atoms. The summed E-state index contributed by atoms with van der Waals surface area (Å²) in [7, 11) is -1.47. The van der Waals surface area contributed by atoms with Crippen molar-refractivity contribution in [3.05, 3.63) is 0 Å². The van der Waals surface area contributed by atoms with Gasteiger partial charge in [0.15, 0.2) is 0 Å². The molecule has 2 saturated heterocycles. The molecule has 1 amide bonds. The third-order valence-corrected chi connectivity index (χ3v) is 6.61. The van der Waals surface area contributed by atoms with Crippen LogP contribution in [0.15, 0.2) is 0 Å². The Balaban J connectivity index is 1.57. The number of ether oxygens (including phenoxy) is 1. The Labute approximate surface area is 113 Å². The van der Waals surface area contributed by atoms with Gasteiger partial charge in [-0.15, -0.1) is 0 Å². The second-order valence-electron chi connectivity index (χ2n) is 5.73. The van der Waals surface area contributed by atoms with Gasteiger partial charge in [-0.2, -0.15) is 4.31 Å². The van der Waals surface area contributed by atoms with Crippen molar-refractivity contribution in [1.82, 2.24) is 9.62 Å². The number of carbonyl (C=O) groups is 1. The van der Waals surface area contributed by atoms with Gasteiger partial charge >= 0.3 is 0 Å². The predicted molar refractivity (Wildman–Crippen MR) is 69.0 cm³/mol.